The first-order valence-corrected chi connectivity index (χ1v) is 6.98. The Morgan fingerprint density at radius 3 is 2.20 bits per heavy atom. The van der Waals surface area contributed by atoms with Gasteiger partial charge in [0.2, 0.25) is 0 Å². The zero-order valence-corrected chi connectivity index (χ0v) is 11.2. The predicted octanol–water partition coefficient (Wildman–Crippen LogP) is 4.67. The molecule has 1 aromatic rings. The van der Waals surface area contributed by atoms with Crippen LogP contribution in [-0.2, 0) is 5.75 Å². The molecule has 0 aromatic heterocycles. The molecule has 0 radical (unpaired) electrons. The van der Waals surface area contributed by atoms with Gasteiger partial charge >= 0.3 is 0 Å². The van der Waals surface area contributed by atoms with Crippen molar-refractivity contribution in [2.45, 2.75) is 37.7 Å². The van der Waals surface area contributed by atoms with Crippen LogP contribution in [0.1, 0.15) is 37.8 Å². The van der Waals surface area contributed by atoms with Gasteiger partial charge in [0.15, 0.2) is 0 Å². The molecule has 0 fully saturated rings. The molecule has 0 aliphatic heterocycles. The average Bonchev–Trinajstić information content (AvgIpc) is 2.26. The number of hydrogen-bond donors (Lipinski definition) is 0. The molecule has 0 amide bonds. The zero-order chi connectivity index (χ0) is 11.3. The molecule has 2 heteroatoms. The Labute approximate surface area is 102 Å². The van der Waals surface area contributed by atoms with E-state index in [2.05, 4.69) is 45.0 Å². The van der Waals surface area contributed by atoms with Crippen LogP contribution in [0.2, 0.25) is 0 Å². The first kappa shape index (κ1) is 12.9. The maximum atomic E-state index is 5.76. The standard InChI is InChI=1S/C13H19ClS/c1-10(2)13-6-4-12(5-7-13)9-15-11(3)8-14/h4-7,10-11H,8-9H2,1-3H3. The molecule has 1 aromatic carbocycles. The molecular weight excluding hydrogens is 224 g/mol. The van der Waals surface area contributed by atoms with Gasteiger partial charge in [0.25, 0.3) is 0 Å². The third kappa shape index (κ3) is 4.48. The van der Waals surface area contributed by atoms with E-state index in [0.29, 0.717) is 11.2 Å². The molecule has 0 aliphatic rings. The maximum Gasteiger partial charge on any atom is 0.0340 e. The monoisotopic (exact) mass is 242 g/mol. The molecule has 1 rings (SSSR count). The van der Waals surface area contributed by atoms with Gasteiger partial charge in [0.05, 0.1) is 0 Å². The summed E-state index contributed by atoms with van der Waals surface area (Å²) in [6.45, 7) is 6.61. The lowest BCUT2D eigenvalue weighted by Crippen LogP contribution is -1.97. The van der Waals surface area contributed by atoms with Crippen molar-refractivity contribution < 1.29 is 0 Å². The van der Waals surface area contributed by atoms with E-state index in [1.54, 1.807) is 0 Å². The third-order valence-electron chi connectivity index (χ3n) is 2.40. The molecule has 0 N–H and O–H groups in total. The quantitative estimate of drug-likeness (QED) is 0.677. The lowest BCUT2D eigenvalue weighted by molar-refractivity contribution is 0.866. The van der Waals surface area contributed by atoms with Gasteiger partial charge in [-0.2, -0.15) is 11.8 Å². The molecule has 1 unspecified atom stereocenters. The summed E-state index contributed by atoms with van der Waals surface area (Å²) in [5, 5.41) is 0.538. The minimum atomic E-state index is 0.538. The van der Waals surface area contributed by atoms with E-state index in [1.807, 2.05) is 11.8 Å². The summed E-state index contributed by atoms with van der Waals surface area (Å²) in [6.07, 6.45) is 0. The molecule has 0 aliphatic carbocycles. The second kappa shape index (κ2) is 6.44. The molecule has 84 valence electrons. The van der Waals surface area contributed by atoms with Gasteiger partial charge in [0.1, 0.15) is 0 Å². The summed E-state index contributed by atoms with van der Waals surface area (Å²) in [6, 6.07) is 8.91. The molecule has 0 spiro atoms. The van der Waals surface area contributed by atoms with Crippen molar-refractivity contribution in [2.75, 3.05) is 5.88 Å². The topological polar surface area (TPSA) is 0 Å². The Kier molecular flexibility index (Phi) is 5.55. The summed E-state index contributed by atoms with van der Waals surface area (Å²) >= 11 is 7.68. The molecule has 0 nitrogen and oxygen atoms in total. The van der Waals surface area contributed by atoms with E-state index in [-0.39, 0.29) is 0 Å². The van der Waals surface area contributed by atoms with Gasteiger partial charge in [0, 0.05) is 16.9 Å². The Morgan fingerprint density at radius 2 is 1.73 bits per heavy atom. The Balaban J connectivity index is 2.50. The summed E-state index contributed by atoms with van der Waals surface area (Å²) in [5.74, 6) is 2.41. The number of halogens is 1. The summed E-state index contributed by atoms with van der Waals surface area (Å²) in [7, 11) is 0. The zero-order valence-electron chi connectivity index (χ0n) is 9.66. The summed E-state index contributed by atoms with van der Waals surface area (Å²) in [5.41, 5.74) is 2.80. The van der Waals surface area contributed by atoms with Crippen LogP contribution in [0.5, 0.6) is 0 Å². The fourth-order valence-electron chi connectivity index (χ4n) is 1.28. The molecule has 1 atom stereocenters. The maximum absolute atomic E-state index is 5.76. The normalized spacial score (nSPS) is 13.1. The van der Waals surface area contributed by atoms with Crippen LogP contribution < -0.4 is 0 Å². The minimum absolute atomic E-state index is 0.538. The fourth-order valence-corrected chi connectivity index (χ4v) is 2.31. The van der Waals surface area contributed by atoms with Crippen molar-refractivity contribution in [2.24, 2.45) is 0 Å². The van der Waals surface area contributed by atoms with Crippen molar-refractivity contribution in [3.05, 3.63) is 35.4 Å². The van der Waals surface area contributed by atoms with Crippen LogP contribution in [0, 0.1) is 0 Å². The van der Waals surface area contributed by atoms with E-state index >= 15 is 0 Å². The number of thioether (sulfide) groups is 1. The molecule has 15 heavy (non-hydrogen) atoms. The van der Waals surface area contributed by atoms with Crippen molar-refractivity contribution >= 4 is 23.4 Å². The van der Waals surface area contributed by atoms with E-state index in [9.17, 15) is 0 Å². The van der Waals surface area contributed by atoms with Crippen LogP contribution in [0.15, 0.2) is 24.3 Å². The SMILES string of the molecule is CC(CCl)SCc1ccc(C(C)C)cc1. The Bertz CT molecular complexity index is 279. The van der Waals surface area contributed by atoms with E-state index in [4.69, 9.17) is 11.6 Å². The highest BCUT2D eigenvalue weighted by Gasteiger charge is 2.02. The molecule has 0 bridgehead atoms. The van der Waals surface area contributed by atoms with Crippen molar-refractivity contribution in [3.63, 3.8) is 0 Å². The van der Waals surface area contributed by atoms with Gasteiger partial charge in [-0.05, 0) is 17.0 Å². The first-order chi connectivity index (χ1) is 7.13. The fraction of sp³-hybridized carbons (Fsp3) is 0.538. The average molecular weight is 243 g/mol. The summed E-state index contributed by atoms with van der Waals surface area (Å²) in [4.78, 5) is 0. The number of rotatable bonds is 5. The predicted molar refractivity (Wildman–Crippen MR) is 72.0 cm³/mol. The lowest BCUT2D eigenvalue weighted by Gasteiger charge is -2.09. The molecule has 0 saturated heterocycles. The van der Waals surface area contributed by atoms with E-state index < -0.39 is 0 Å². The van der Waals surface area contributed by atoms with Crippen LogP contribution in [-0.4, -0.2) is 11.1 Å². The number of alkyl halides is 1. The van der Waals surface area contributed by atoms with Crippen LogP contribution >= 0.6 is 23.4 Å². The Hall–Kier alpha value is -0.140. The Morgan fingerprint density at radius 1 is 1.13 bits per heavy atom. The van der Waals surface area contributed by atoms with Gasteiger partial charge in [-0.15, -0.1) is 11.6 Å². The molecule has 0 saturated carbocycles. The van der Waals surface area contributed by atoms with Crippen LogP contribution in [0.3, 0.4) is 0 Å². The van der Waals surface area contributed by atoms with E-state index in [0.717, 1.165) is 11.6 Å². The van der Waals surface area contributed by atoms with Crippen molar-refractivity contribution in [3.8, 4) is 0 Å². The number of benzene rings is 1. The van der Waals surface area contributed by atoms with Gasteiger partial charge in [-0.1, -0.05) is 45.0 Å². The third-order valence-corrected chi connectivity index (χ3v) is 4.28. The molecule has 0 heterocycles. The van der Waals surface area contributed by atoms with Crippen LogP contribution in [0.4, 0.5) is 0 Å². The van der Waals surface area contributed by atoms with Gasteiger partial charge in [-0.3, -0.25) is 0 Å². The highest BCUT2D eigenvalue weighted by molar-refractivity contribution is 7.99. The smallest absolute Gasteiger partial charge is 0.0340 e. The highest BCUT2D eigenvalue weighted by Crippen LogP contribution is 2.20. The first-order valence-electron chi connectivity index (χ1n) is 5.40. The highest BCUT2D eigenvalue weighted by atomic mass is 35.5. The second-order valence-electron chi connectivity index (χ2n) is 4.17. The lowest BCUT2D eigenvalue weighted by atomic mass is 10.0. The van der Waals surface area contributed by atoms with Gasteiger partial charge < -0.3 is 0 Å². The summed E-state index contributed by atoms with van der Waals surface area (Å²) < 4.78 is 0. The largest absolute Gasteiger partial charge is 0.153 e. The minimum Gasteiger partial charge on any atom is -0.153 e. The van der Waals surface area contributed by atoms with Crippen molar-refractivity contribution in [1.82, 2.24) is 0 Å². The van der Waals surface area contributed by atoms with E-state index in [1.165, 1.54) is 11.1 Å². The van der Waals surface area contributed by atoms with Crippen LogP contribution in [0.25, 0.3) is 0 Å². The molecular formula is C13H19ClS. The number of hydrogen-bond acceptors (Lipinski definition) is 1. The van der Waals surface area contributed by atoms with Crippen molar-refractivity contribution in [1.29, 1.82) is 0 Å². The second-order valence-corrected chi connectivity index (χ2v) is 5.91. The van der Waals surface area contributed by atoms with Gasteiger partial charge in [-0.25, -0.2) is 0 Å².